The van der Waals surface area contributed by atoms with Crippen molar-refractivity contribution in [1.82, 2.24) is 0 Å². The second-order valence-electron chi connectivity index (χ2n) is 7.27. The normalized spacial score (nSPS) is 12.5. The van der Waals surface area contributed by atoms with E-state index in [9.17, 15) is 9.59 Å². The van der Waals surface area contributed by atoms with E-state index in [0.29, 0.717) is 22.7 Å². The number of nitrogens with zero attached hydrogens (tertiary/aromatic N) is 1. The van der Waals surface area contributed by atoms with Crippen molar-refractivity contribution in [3.8, 4) is 28.7 Å². The van der Waals surface area contributed by atoms with Gasteiger partial charge in [0.2, 0.25) is 5.91 Å². The number of nitriles is 1. The first kappa shape index (κ1) is 20.2. The summed E-state index contributed by atoms with van der Waals surface area (Å²) in [6.45, 7) is -0.253. The van der Waals surface area contributed by atoms with Crippen LogP contribution >= 0.6 is 0 Å². The molecule has 0 aromatic heterocycles. The van der Waals surface area contributed by atoms with Crippen molar-refractivity contribution in [3.05, 3.63) is 78.4 Å². The van der Waals surface area contributed by atoms with Crippen LogP contribution in [0.4, 0.5) is 5.69 Å². The van der Waals surface area contributed by atoms with Gasteiger partial charge in [0.25, 0.3) is 0 Å². The van der Waals surface area contributed by atoms with Gasteiger partial charge in [-0.05, 0) is 60.4 Å². The zero-order valence-electron chi connectivity index (χ0n) is 16.7. The van der Waals surface area contributed by atoms with Crippen LogP contribution in [0, 0.1) is 17.2 Å². The molecule has 0 atom stereocenters. The quantitative estimate of drug-likeness (QED) is 0.454. The van der Waals surface area contributed by atoms with Crippen molar-refractivity contribution in [2.45, 2.75) is 12.8 Å². The lowest BCUT2D eigenvalue weighted by atomic mass is 10.0. The van der Waals surface area contributed by atoms with Crippen LogP contribution in [-0.4, -0.2) is 18.5 Å². The molecule has 4 rings (SSSR count). The second-order valence-corrected chi connectivity index (χ2v) is 7.27. The van der Waals surface area contributed by atoms with E-state index < -0.39 is 5.97 Å². The highest BCUT2D eigenvalue weighted by atomic mass is 16.6. The van der Waals surface area contributed by atoms with Crippen molar-refractivity contribution >= 4 is 17.6 Å². The van der Waals surface area contributed by atoms with Crippen LogP contribution in [0.1, 0.15) is 18.4 Å². The molecule has 3 aromatic carbocycles. The van der Waals surface area contributed by atoms with Gasteiger partial charge >= 0.3 is 5.97 Å². The number of amides is 1. The molecule has 3 aromatic rings. The molecule has 0 bridgehead atoms. The Morgan fingerprint density at radius 3 is 2.26 bits per heavy atom. The first-order valence-corrected chi connectivity index (χ1v) is 9.96. The summed E-state index contributed by atoms with van der Waals surface area (Å²) in [6.07, 6.45) is 1.87. The molecular weight excluding hydrogens is 392 g/mol. The van der Waals surface area contributed by atoms with Gasteiger partial charge in [0.05, 0.1) is 11.6 Å². The van der Waals surface area contributed by atoms with E-state index >= 15 is 0 Å². The molecular formula is C25H20N2O4. The number of rotatable bonds is 7. The van der Waals surface area contributed by atoms with Gasteiger partial charge < -0.3 is 14.8 Å². The topological polar surface area (TPSA) is 88.4 Å². The summed E-state index contributed by atoms with van der Waals surface area (Å²) >= 11 is 0. The highest BCUT2D eigenvalue weighted by Gasteiger charge is 2.29. The van der Waals surface area contributed by atoms with Gasteiger partial charge in [0.15, 0.2) is 6.61 Å². The summed E-state index contributed by atoms with van der Waals surface area (Å²) in [4.78, 5) is 24.0. The number of hydrogen-bond acceptors (Lipinski definition) is 5. The SMILES string of the molecule is N#Cc1ccc(-c2ccc(OC(=O)COc3cccc(NC(=O)C4CC4)c3)cc2)cc1. The molecule has 0 radical (unpaired) electrons. The molecule has 1 N–H and O–H groups in total. The summed E-state index contributed by atoms with van der Waals surface area (Å²) < 4.78 is 10.8. The number of anilines is 1. The van der Waals surface area contributed by atoms with E-state index in [-0.39, 0.29) is 18.4 Å². The van der Waals surface area contributed by atoms with E-state index in [1.807, 2.05) is 24.3 Å². The molecule has 0 heterocycles. The maximum Gasteiger partial charge on any atom is 0.349 e. The van der Waals surface area contributed by atoms with Crippen LogP contribution in [0.25, 0.3) is 11.1 Å². The van der Waals surface area contributed by atoms with E-state index in [4.69, 9.17) is 14.7 Å². The fourth-order valence-electron chi connectivity index (χ4n) is 3.01. The average molecular weight is 412 g/mol. The number of carbonyl (C=O) groups excluding carboxylic acids is 2. The smallest absolute Gasteiger partial charge is 0.349 e. The van der Waals surface area contributed by atoms with Crippen LogP contribution in [-0.2, 0) is 9.59 Å². The maximum absolute atomic E-state index is 12.1. The molecule has 6 nitrogen and oxygen atoms in total. The largest absolute Gasteiger partial charge is 0.482 e. The standard InChI is InChI=1S/C25H20N2O4/c26-15-17-4-6-18(7-5-17)19-10-12-22(13-11-19)31-24(28)16-30-23-3-1-2-21(14-23)27-25(29)20-8-9-20/h1-7,10-14,20H,8-9,16H2,(H,27,29). The van der Waals surface area contributed by atoms with Crippen LogP contribution in [0.15, 0.2) is 72.8 Å². The highest BCUT2D eigenvalue weighted by Crippen LogP contribution is 2.30. The predicted octanol–water partition coefficient (Wildman–Crippen LogP) is 4.56. The van der Waals surface area contributed by atoms with E-state index in [1.165, 1.54) is 0 Å². The minimum absolute atomic E-state index is 0.0148. The zero-order valence-corrected chi connectivity index (χ0v) is 16.7. The average Bonchev–Trinajstić information content (AvgIpc) is 3.64. The van der Waals surface area contributed by atoms with Gasteiger partial charge in [0.1, 0.15) is 11.5 Å². The summed E-state index contributed by atoms with van der Waals surface area (Å²) in [5.74, 6) is 0.487. The molecule has 0 aliphatic heterocycles. The third kappa shape index (κ3) is 5.49. The number of esters is 1. The molecule has 0 saturated heterocycles. The van der Waals surface area contributed by atoms with Gasteiger partial charge in [-0.25, -0.2) is 4.79 Å². The molecule has 1 aliphatic carbocycles. The summed E-state index contributed by atoms with van der Waals surface area (Å²) in [6, 6.07) is 23.4. The number of benzene rings is 3. The summed E-state index contributed by atoms with van der Waals surface area (Å²) in [7, 11) is 0. The van der Waals surface area contributed by atoms with Crippen molar-refractivity contribution in [2.24, 2.45) is 5.92 Å². The van der Waals surface area contributed by atoms with Gasteiger partial charge in [-0.2, -0.15) is 5.26 Å². The second kappa shape index (κ2) is 9.14. The summed E-state index contributed by atoms with van der Waals surface area (Å²) in [5, 5.41) is 11.7. The Bertz CT molecular complexity index is 1130. The van der Waals surface area contributed by atoms with Gasteiger partial charge in [-0.3, -0.25) is 4.79 Å². The van der Waals surface area contributed by atoms with Gasteiger partial charge in [-0.15, -0.1) is 0 Å². The van der Waals surface area contributed by atoms with Crippen molar-refractivity contribution in [1.29, 1.82) is 5.26 Å². The summed E-state index contributed by atoms with van der Waals surface area (Å²) in [5.41, 5.74) is 3.16. The highest BCUT2D eigenvalue weighted by molar-refractivity contribution is 5.94. The predicted molar refractivity (Wildman–Crippen MR) is 116 cm³/mol. The minimum Gasteiger partial charge on any atom is -0.482 e. The monoisotopic (exact) mass is 412 g/mol. The lowest BCUT2D eigenvalue weighted by molar-refractivity contribution is -0.136. The number of carbonyl (C=O) groups is 2. The third-order valence-corrected chi connectivity index (χ3v) is 4.84. The molecule has 1 fully saturated rings. The molecule has 6 heteroatoms. The zero-order chi connectivity index (χ0) is 21.6. The minimum atomic E-state index is -0.529. The number of nitrogens with one attached hydrogen (secondary N) is 1. The van der Waals surface area contributed by atoms with Crippen LogP contribution < -0.4 is 14.8 Å². The number of ether oxygens (including phenoxy) is 2. The molecule has 154 valence electrons. The maximum atomic E-state index is 12.1. The van der Waals surface area contributed by atoms with Crippen LogP contribution in [0.2, 0.25) is 0 Å². The van der Waals surface area contributed by atoms with Crippen molar-refractivity contribution < 1.29 is 19.1 Å². The lowest BCUT2D eigenvalue weighted by Gasteiger charge is -2.09. The van der Waals surface area contributed by atoms with E-state index in [0.717, 1.165) is 24.0 Å². The molecule has 1 amide bonds. The molecule has 31 heavy (non-hydrogen) atoms. The lowest BCUT2D eigenvalue weighted by Crippen LogP contribution is -2.18. The fraction of sp³-hybridized carbons (Fsp3) is 0.160. The Morgan fingerprint density at radius 2 is 1.61 bits per heavy atom. The third-order valence-electron chi connectivity index (χ3n) is 4.84. The molecule has 1 saturated carbocycles. The van der Waals surface area contributed by atoms with E-state index in [2.05, 4.69) is 11.4 Å². The molecule has 0 unspecified atom stereocenters. The Hall–Kier alpha value is -4.11. The first-order chi connectivity index (χ1) is 15.1. The van der Waals surface area contributed by atoms with Crippen LogP contribution in [0.3, 0.4) is 0 Å². The van der Waals surface area contributed by atoms with Gasteiger partial charge in [-0.1, -0.05) is 30.3 Å². The van der Waals surface area contributed by atoms with Crippen LogP contribution in [0.5, 0.6) is 11.5 Å². The Kier molecular flexibility index (Phi) is 5.95. The Morgan fingerprint density at radius 1 is 0.935 bits per heavy atom. The van der Waals surface area contributed by atoms with Gasteiger partial charge in [0, 0.05) is 17.7 Å². The van der Waals surface area contributed by atoms with Crippen molar-refractivity contribution in [3.63, 3.8) is 0 Å². The first-order valence-electron chi connectivity index (χ1n) is 9.96. The Balaban J connectivity index is 1.29. The number of hydrogen-bond donors (Lipinski definition) is 1. The molecule has 0 spiro atoms. The fourth-order valence-corrected chi connectivity index (χ4v) is 3.01. The van der Waals surface area contributed by atoms with E-state index in [1.54, 1.807) is 48.5 Å². The Labute approximate surface area is 180 Å². The van der Waals surface area contributed by atoms with Crippen molar-refractivity contribution in [2.75, 3.05) is 11.9 Å². The molecule has 1 aliphatic rings.